The molecule has 1 aromatic rings. The topological polar surface area (TPSA) is 48.9 Å². The van der Waals surface area contributed by atoms with Gasteiger partial charge in [-0.05, 0) is 50.9 Å². The average molecular weight is 481 g/mol. The van der Waals surface area contributed by atoms with Gasteiger partial charge >= 0.3 is 0 Å². The Morgan fingerprint density at radius 1 is 1.40 bits per heavy atom. The lowest BCUT2D eigenvalue weighted by Crippen LogP contribution is -2.45. The van der Waals surface area contributed by atoms with Crippen molar-refractivity contribution in [2.24, 2.45) is 4.99 Å². The highest BCUT2D eigenvalue weighted by Gasteiger charge is 2.28. The van der Waals surface area contributed by atoms with Crippen molar-refractivity contribution in [3.8, 4) is 5.75 Å². The van der Waals surface area contributed by atoms with E-state index in [0.29, 0.717) is 6.04 Å². The van der Waals surface area contributed by atoms with Crippen LogP contribution in [-0.4, -0.2) is 57.2 Å². The Hall–Kier alpha value is -0.730. The molecular weight excluding hydrogens is 451 g/mol. The second-order valence-corrected chi connectivity index (χ2v) is 6.74. The average Bonchev–Trinajstić information content (AvgIpc) is 3.43. The van der Waals surface area contributed by atoms with E-state index >= 15 is 0 Å². The van der Waals surface area contributed by atoms with Gasteiger partial charge in [-0.3, -0.25) is 9.89 Å². The first-order valence-corrected chi connectivity index (χ1v) is 8.91. The molecule has 0 amide bonds. The van der Waals surface area contributed by atoms with Gasteiger partial charge in [0.2, 0.25) is 0 Å². The maximum Gasteiger partial charge on any atom is 0.191 e. The molecule has 25 heavy (non-hydrogen) atoms. The third kappa shape index (κ3) is 7.19. The van der Waals surface area contributed by atoms with Crippen molar-refractivity contribution in [1.82, 2.24) is 15.5 Å². The predicted molar refractivity (Wildman–Crippen MR) is 117 cm³/mol. The molecule has 1 aromatic carbocycles. The first-order valence-electron chi connectivity index (χ1n) is 8.54. The lowest BCUT2D eigenvalue weighted by molar-refractivity contribution is 0.247. The molecule has 1 aliphatic rings. The number of methoxy groups -OCH3 is 1. The fourth-order valence-electron chi connectivity index (χ4n) is 2.62. The number of hydrogen-bond donors (Lipinski definition) is 2. The number of aliphatic imine (C=N–C) groups is 1. The van der Waals surface area contributed by atoms with E-state index in [2.05, 4.69) is 34.5 Å². The fraction of sp³-hybridized carbons (Fsp3) is 0.611. The molecular formula is C18H30ClIN4O. The van der Waals surface area contributed by atoms with E-state index in [1.807, 2.05) is 18.2 Å². The van der Waals surface area contributed by atoms with Crippen LogP contribution in [0.1, 0.15) is 25.3 Å². The van der Waals surface area contributed by atoms with Crippen LogP contribution in [0.4, 0.5) is 0 Å². The Bertz CT molecular complexity index is 566. The van der Waals surface area contributed by atoms with Gasteiger partial charge in [0.15, 0.2) is 5.96 Å². The van der Waals surface area contributed by atoms with Gasteiger partial charge in [-0.15, -0.1) is 24.0 Å². The van der Waals surface area contributed by atoms with E-state index in [9.17, 15) is 0 Å². The normalized spacial score (nSPS) is 15.5. The van der Waals surface area contributed by atoms with Gasteiger partial charge in [0.05, 0.1) is 7.11 Å². The third-order valence-corrected chi connectivity index (χ3v) is 4.91. The standard InChI is InChI=1S/C18H29ClN4O.HI/c1-13(23(3)15-6-7-15)12-22-18(20-2)21-10-9-14-5-8-16(24-4)11-17(14)19;/h5,8,11,13,15H,6-7,9-10,12H2,1-4H3,(H2,20,21,22);1H. The number of rotatable bonds is 8. The Morgan fingerprint density at radius 2 is 2.12 bits per heavy atom. The summed E-state index contributed by atoms with van der Waals surface area (Å²) in [7, 11) is 5.64. The van der Waals surface area contributed by atoms with E-state index in [4.69, 9.17) is 16.3 Å². The van der Waals surface area contributed by atoms with Gasteiger partial charge in [-0.1, -0.05) is 17.7 Å². The molecule has 1 atom stereocenters. The van der Waals surface area contributed by atoms with Crippen LogP contribution in [0.3, 0.4) is 0 Å². The van der Waals surface area contributed by atoms with Gasteiger partial charge in [-0.25, -0.2) is 0 Å². The number of nitrogens with one attached hydrogen (secondary N) is 2. The molecule has 2 rings (SSSR count). The number of benzene rings is 1. The number of nitrogens with zero attached hydrogens (tertiary/aromatic N) is 2. The van der Waals surface area contributed by atoms with Crippen LogP contribution in [0.15, 0.2) is 23.2 Å². The Kier molecular flexibility index (Phi) is 9.89. The minimum atomic E-state index is 0. The molecule has 0 spiro atoms. The van der Waals surface area contributed by atoms with Crippen molar-refractivity contribution >= 4 is 41.5 Å². The van der Waals surface area contributed by atoms with Gasteiger partial charge < -0.3 is 15.4 Å². The smallest absolute Gasteiger partial charge is 0.191 e. The van der Waals surface area contributed by atoms with Gasteiger partial charge in [0, 0.05) is 37.2 Å². The largest absolute Gasteiger partial charge is 0.497 e. The van der Waals surface area contributed by atoms with Crippen LogP contribution in [0, 0.1) is 0 Å². The van der Waals surface area contributed by atoms with Crippen molar-refractivity contribution in [3.63, 3.8) is 0 Å². The molecule has 2 N–H and O–H groups in total. The molecule has 5 nitrogen and oxygen atoms in total. The van der Waals surface area contributed by atoms with Crippen LogP contribution < -0.4 is 15.4 Å². The molecule has 0 radical (unpaired) electrons. The molecule has 0 bridgehead atoms. The molecule has 1 unspecified atom stereocenters. The van der Waals surface area contributed by atoms with Crippen LogP contribution >= 0.6 is 35.6 Å². The SMILES string of the molecule is CN=C(NCCc1ccc(OC)cc1Cl)NCC(C)N(C)C1CC1.I. The molecule has 1 saturated carbocycles. The minimum Gasteiger partial charge on any atom is -0.497 e. The monoisotopic (exact) mass is 480 g/mol. The van der Waals surface area contributed by atoms with E-state index in [1.165, 1.54) is 12.8 Å². The summed E-state index contributed by atoms with van der Waals surface area (Å²) in [6.07, 6.45) is 3.49. The molecule has 0 heterocycles. The Balaban J connectivity index is 0.00000312. The van der Waals surface area contributed by atoms with Crippen molar-refractivity contribution in [2.75, 3.05) is 34.3 Å². The van der Waals surface area contributed by atoms with Crippen molar-refractivity contribution < 1.29 is 4.74 Å². The van der Waals surface area contributed by atoms with Crippen LogP contribution in [0.25, 0.3) is 0 Å². The highest BCUT2D eigenvalue weighted by molar-refractivity contribution is 14.0. The Labute approximate surface area is 173 Å². The number of guanidine groups is 1. The minimum absolute atomic E-state index is 0. The maximum absolute atomic E-state index is 6.27. The summed E-state index contributed by atoms with van der Waals surface area (Å²) in [5, 5.41) is 7.47. The lowest BCUT2D eigenvalue weighted by Gasteiger charge is -2.25. The van der Waals surface area contributed by atoms with Gasteiger partial charge in [0.25, 0.3) is 0 Å². The summed E-state index contributed by atoms with van der Waals surface area (Å²) in [4.78, 5) is 6.73. The fourth-order valence-corrected chi connectivity index (χ4v) is 2.89. The summed E-state index contributed by atoms with van der Waals surface area (Å²) in [6, 6.07) is 7.05. The van der Waals surface area contributed by atoms with Crippen LogP contribution in [0.2, 0.25) is 5.02 Å². The molecule has 0 aliphatic heterocycles. The van der Waals surface area contributed by atoms with E-state index < -0.39 is 0 Å². The van der Waals surface area contributed by atoms with Gasteiger partial charge in [-0.2, -0.15) is 0 Å². The molecule has 0 saturated heterocycles. The zero-order valence-electron chi connectivity index (χ0n) is 15.5. The van der Waals surface area contributed by atoms with Crippen molar-refractivity contribution in [1.29, 1.82) is 0 Å². The van der Waals surface area contributed by atoms with Crippen LogP contribution in [-0.2, 0) is 6.42 Å². The van der Waals surface area contributed by atoms with E-state index in [-0.39, 0.29) is 24.0 Å². The summed E-state index contributed by atoms with van der Waals surface area (Å²) < 4.78 is 5.17. The van der Waals surface area contributed by atoms with Crippen molar-refractivity contribution in [2.45, 2.75) is 38.3 Å². The zero-order chi connectivity index (χ0) is 17.5. The maximum atomic E-state index is 6.27. The van der Waals surface area contributed by atoms with E-state index in [0.717, 1.165) is 47.8 Å². The zero-order valence-corrected chi connectivity index (χ0v) is 18.6. The third-order valence-electron chi connectivity index (χ3n) is 4.55. The number of likely N-dealkylation sites (N-methyl/N-ethyl adjacent to an activating group) is 1. The molecule has 1 fully saturated rings. The quantitative estimate of drug-likeness (QED) is 0.341. The lowest BCUT2D eigenvalue weighted by atomic mass is 10.1. The second kappa shape index (κ2) is 11.1. The van der Waals surface area contributed by atoms with Crippen molar-refractivity contribution in [3.05, 3.63) is 28.8 Å². The van der Waals surface area contributed by atoms with E-state index in [1.54, 1.807) is 14.2 Å². The molecule has 0 aromatic heterocycles. The number of halogens is 2. The molecule has 7 heteroatoms. The highest BCUT2D eigenvalue weighted by atomic mass is 127. The summed E-state index contributed by atoms with van der Waals surface area (Å²) >= 11 is 6.27. The molecule has 1 aliphatic carbocycles. The number of ether oxygens (including phenoxy) is 1. The summed E-state index contributed by atoms with van der Waals surface area (Å²) in [5.41, 5.74) is 1.10. The summed E-state index contributed by atoms with van der Waals surface area (Å²) in [5.74, 6) is 1.61. The van der Waals surface area contributed by atoms with Crippen LogP contribution in [0.5, 0.6) is 5.75 Å². The Morgan fingerprint density at radius 3 is 2.68 bits per heavy atom. The predicted octanol–water partition coefficient (Wildman–Crippen LogP) is 3.16. The highest BCUT2D eigenvalue weighted by Crippen LogP contribution is 2.26. The first-order chi connectivity index (χ1) is 11.5. The van der Waals surface area contributed by atoms with Gasteiger partial charge in [0.1, 0.15) is 5.75 Å². The molecule has 142 valence electrons. The first kappa shape index (κ1) is 22.3. The second-order valence-electron chi connectivity index (χ2n) is 6.33. The number of hydrogen-bond acceptors (Lipinski definition) is 3. The summed E-state index contributed by atoms with van der Waals surface area (Å²) in [6.45, 7) is 3.91.